The Kier molecular flexibility index (Phi) is 1.46. The van der Waals surface area contributed by atoms with Crippen LogP contribution in [0.1, 0.15) is 26.2 Å². The number of hydrogen-bond donors (Lipinski definition) is 1. The zero-order chi connectivity index (χ0) is 6.91. The van der Waals surface area contributed by atoms with Crippen LogP contribution in [0.5, 0.6) is 0 Å². The van der Waals surface area contributed by atoms with Crippen molar-refractivity contribution in [3.63, 3.8) is 0 Å². The van der Waals surface area contributed by atoms with Gasteiger partial charge in [0, 0.05) is 12.5 Å². The van der Waals surface area contributed by atoms with E-state index in [4.69, 9.17) is 11.0 Å². The second-order valence-electron chi connectivity index (χ2n) is 2.99. The SMILES string of the molecule is CC(N)C1(CC#N)CC1. The molecule has 50 valence electrons. The summed E-state index contributed by atoms with van der Waals surface area (Å²) in [4.78, 5) is 0. The molecule has 0 saturated heterocycles. The first-order valence-electron chi connectivity index (χ1n) is 3.34. The predicted molar refractivity (Wildman–Crippen MR) is 35.5 cm³/mol. The van der Waals surface area contributed by atoms with Crippen molar-refractivity contribution >= 4 is 0 Å². The van der Waals surface area contributed by atoms with Crippen LogP contribution in [-0.2, 0) is 0 Å². The van der Waals surface area contributed by atoms with Gasteiger partial charge in [-0.05, 0) is 25.2 Å². The van der Waals surface area contributed by atoms with Crippen molar-refractivity contribution in [3.05, 3.63) is 0 Å². The third-order valence-corrected chi connectivity index (χ3v) is 2.29. The van der Waals surface area contributed by atoms with E-state index in [1.54, 1.807) is 0 Å². The standard InChI is InChI=1S/C7H12N2/c1-6(9)7(2-3-7)4-5-8/h6H,2-4,9H2,1H3. The Hall–Kier alpha value is -0.550. The maximum atomic E-state index is 8.39. The molecule has 9 heavy (non-hydrogen) atoms. The Morgan fingerprint density at radius 3 is 2.44 bits per heavy atom. The fraction of sp³-hybridized carbons (Fsp3) is 0.857. The highest BCUT2D eigenvalue weighted by molar-refractivity contribution is 5.03. The number of nitriles is 1. The normalized spacial score (nSPS) is 24.6. The van der Waals surface area contributed by atoms with Gasteiger partial charge in [-0.15, -0.1) is 0 Å². The maximum Gasteiger partial charge on any atom is 0.0628 e. The lowest BCUT2D eigenvalue weighted by Crippen LogP contribution is -2.27. The minimum atomic E-state index is 0.206. The number of rotatable bonds is 2. The Morgan fingerprint density at radius 1 is 1.78 bits per heavy atom. The summed E-state index contributed by atoms with van der Waals surface area (Å²) in [5.74, 6) is 0. The van der Waals surface area contributed by atoms with Crippen molar-refractivity contribution in [1.82, 2.24) is 0 Å². The fourth-order valence-electron chi connectivity index (χ4n) is 1.11. The predicted octanol–water partition coefficient (Wildman–Crippen LogP) is 1.03. The Balaban J connectivity index is 2.45. The third kappa shape index (κ3) is 1.06. The first-order chi connectivity index (χ1) is 4.21. The molecule has 1 unspecified atom stereocenters. The molecule has 1 aliphatic rings. The van der Waals surface area contributed by atoms with E-state index in [1.807, 2.05) is 6.92 Å². The Labute approximate surface area is 55.7 Å². The molecule has 1 saturated carbocycles. The number of nitrogens with two attached hydrogens (primary N) is 1. The molecule has 1 aliphatic carbocycles. The van der Waals surface area contributed by atoms with Gasteiger partial charge < -0.3 is 5.73 Å². The number of nitrogens with zero attached hydrogens (tertiary/aromatic N) is 1. The molecule has 0 heterocycles. The molecule has 2 nitrogen and oxygen atoms in total. The first-order valence-corrected chi connectivity index (χ1v) is 3.34. The van der Waals surface area contributed by atoms with Crippen molar-refractivity contribution in [1.29, 1.82) is 5.26 Å². The number of hydrogen-bond acceptors (Lipinski definition) is 2. The van der Waals surface area contributed by atoms with Crippen LogP contribution in [-0.4, -0.2) is 6.04 Å². The lowest BCUT2D eigenvalue weighted by Gasteiger charge is -2.14. The van der Waals surface area contributed by atoms with Gasteiger partial charge in [-0.2, -0.15) is 5.26 Å². The summed E-state index contributed by atoms with van der Waals surface area (Å²) in [6, 6.07) is 2.38. The van der Waals surface area contributed by atoms with Gasteiger partial charge in [0.25, 0.3) is 0 Å². The summed E-state index contributed by atoms with van der Waals surface area (Å²) < 4.78 is 0. The molecule has 0 aromatic rings. The van der Waals surface area contributed by atoms with E-state index in [2.05, 4.69) is 6.07 Å². The Morgan fingerprint density at radius 2 is 2.33 bits per heavy atom. The largest absolute Gasteiger partial charge is 0.327 e. The zero-order valence-electron chi connectivity index (χ0n) is 5.72. The van der Waals surface area contributed by atoms with E-state index in [1.165, 1.54) is 0 Å². The van der Waals surface area contributed by atoms with Gasteiger partial charge in [-0.3, -0.25) is 0 Å². The summed E-state index contributed by atoms with van der Waals surface area (Å²) in [5, 5.41) is 8.39. The molecule has 0 aliphatic heterocycles. The molecule has 0 radical (unpaired) electrons. The van der Waals surface area contributed by atoms with Crippen LogP contribution in [0.4, 0.5) is 0 Å². The lowest BCUT2D eigenvalue weighted by atomic mass is 9.96. The highest BCUT2D eigenvalue weighted by atomic mass is 14.7. The molecule has 0 spiro atoms. The van der Waals surface area contributed by atoms with E-state index in [9.17, 15) is 0 Å². The molecule has 0 amide bonds. The molecule has 1 fully saturated rings. The van der Waals surface area contributed by atoms with Crippen molar-refractivity contribution < 1.29 is 0 Å². The molecule has 1 rings (SSSR count). The van der Waals surface area contributed by atoms with Gasteiger partial charge in [0.15, 0.2) is 0 Å². The minimum Gasteiger partial charge on any atom is -0.327 e. The first kappa shape index (κ1) is 6.57. The molecular weight excluding hydrogens is 112 g/mol. The lowest BCUT2D eigenvalue weighted by molar-refractivity contribution is 0.431. The second kappa shape index (κ2) is 2.00. The van der Waals surface area contributed by atoms with E-state index in [-0.39, 0.29) is 11.5 Å². The van der Waals surface area contributed by atoms with E-state index in [0.717, 1.165) is 12.8 Å². The maximum absolute atomic E-state index is 8.39. The molecule has 0 bridgehead atoms. The smallest absolute Gasteiger partial charge is 0.0628 e. The van der Waals surface area contributed by atoms with Crippen LogP contribution in [0.25, 0.3) is 0 Å². The average Bonchev–Trinajstić information content (AvgIpc) is 2.49. The van der Waals surface area contributed by atoms with Crippen molar-refractivity contribution in [3.8, 4) is 6.07 Å². The van der Waals surface area contributed by atoms with Crippen LogP contribution >= 0.6 is 0 Å². The summed E-state index contributed by atoms with van der Waals surface area (Å²) in [6.45, 7) is 1.99. The second-order valence-corrected chi connectivity index (χ2v) is 2.99. The van der Waals surface area contributed by atoms with Crippen LogP contribution in [0, 0.1) is 16.7 Å². The van der Waals surface area contributed by atoms with Crippen LogP contribution in [0.15, 0.2) is 0 Å². The van der Waals surface area contributed by atoms with Gasteiger partial charge in [0.05, 0.1) is 6.07 Å². The average molecular weight is 124 g/mol. The van der Waals surface area contributed by atoms with E-state index < -0.39 is 0 Å². The quantitative estimate of drug-likeness (QED) is 0.597. The van der Waals surface area contributed by atoms with Crippen LogP contribution < -0.4 is 5.73 Å². The molecule has 2 heteroatoms. The van der Waals surface area contributed by atoms with Crippen LogP contribution in [0.3, 0.4) is 0 Å². The topological polar surface area (TPSA) is 49.8 Å². The molecular formula is C7H12N2. The highest BCUT2D eigenvalue weighted by Crippen LogP contribution is 2.50. The zero-order valence-corrected chi connectivity index (χ0v) is 5.72. The van der Waals surface area contributed by atoms with Gasteiger partial charge >= 0.3 is 0 Å². The summed E-state index contributed by atoms with van der Waals surface area (Å²) >= 11 is 0. The molecule has 0 aromatic heterocycles. The summed E-state index contributed by atoms with van der Waals surface area (Å²) in [7, 11) is 0. The van der Waals surface area contributed by atoms with Crippen molar-refractivity contribution in [2.45, 2.75) is 32.2 Å². The third-order valence-electron chi connectivity index (χ3n) is 2.29. The molecule has 2 N–H and O–H groups in total. The summed E-state index contributed by atoms with van der Waals surface area (Å²) in [5.41, 5.74) is 5.88. The minimum absolute atomic E-state index is 0.206. The highest BCUT2D eigenvalue weighted by Gasteiger charge is 2.45. The van der Waals surface area contributed by atoms with Crippen molar-refractivity contribution in [2.24, 2.45) is 11.1 Å². The molecule has 1 atom stereocenters. The monoisotopic (exact) mass is 124 g/mol. The fourth-order valence-corrected chi connectivity index (χ4v) is 1.11. The Bertz CT molecular complexity index is 139. The van der Waals surface area contributed by atoms with Crippen molar-refractivity contribution in [2.75, 3.05) is 0 Å². The van der Waals surface area contributed by atoms with Gasteiger partial charge in [-0.25, -0.2) is 0 Å². The van der Waals surface area contributed by atoms with E-state index >= 15 is 0 Å². The van der Waals surface area contributed by atoms with Gasteiger partial charge in [-0.1, -0.05) is 0 Å². The van der Waals surface area contributed by atoms with Gasteiger partial charge in [0.2, 0.25) is 0 Å². The summed E-state index contributed by atoms with van der Waals surface area (Å²) in [6.07, 6.45) is 2.95. The molecule has 0 aromatic carbocycles. The van der Waals surface area contributed by atoms with Crippen LogP contribution in [0.2, 0.25) is 0 Å². The van der Waals surface area contributed by atoms with Gasteiger partial charge in [0.1, 0.15) is 0 Å². The van der Waals surface area contributed by atoms with E-state index in [0.29, 0.717) is 6.42 Å².